The van der Waals surface area contributed by atoms with E-state index in [1.807, 2.05) is 36.5 Å². The molecule has 2 aromatic rings. The number of benzene rings is 1. The molecule has 0 saturated carbocycles. The van der Waals surface area contributed by atoms with E-state index in [9.17, 15) is 0 Å². The van der Waals surface area contributed by atoms with E-state index >= 15 is 0 Å². The Kier molecular flexibility index (Phi) is 4.73. The molecule has 2 N–H and O–H groups in total. The second kappa shape index (κ2) is 6.52. The van der Waals surface area contributed by atoms with Crippen molar-refractivity contribution in [2.24, 2.45) is 5.73 Å². The predicted octanol–water partition coefficient (Wildman–Crippen LogP) is 3.33. The molecule has 0 aliphatic rings. The minimum Gasteiger partial charge on any atom is -0.330 e. The maximum Gasteiger partial charge on any atom is 0.132 e. The first-order valence-electron chi connectivity index (χ1n) is 5.95. The van der Waals surface area contributed by atoms with Crippen LogP contribution in [0.1, 0.15) is 6.42 Å². The number of nitrogens with two attached hydrogens (primary N) is 1. The van der Waals surface area contributed by atoms with Gasteiger partial charge in [-0.3, -0.25) is 0 Å². The maximum atomic E-state index is 5.60. The molecule has 0 amide bonds. The van der Waals surface area contributed by atoms with Gasteiger partial charge in [-0.1, -0.05) is 18.2 Å². The molecule has 0 saturated heterocycles. The minimum absolute atomic E-state index is 0.680. The van der Waals surface area contributed by atoms with Crippen LogP contribution in [0, 0.1) is 0 Å². The van der Waals surface area contributed by atoms with Crippen molar-refractivity contribution in [1.29, 1.82) is 0 Å². The summed E-state index contributed by atoms with van der Waals surface area (Å²) in [5.41, 5.74) is 6.74. The first-order chi connectivity index (χ1) is 8.81. The Hall–Kier alpha value is -1.39. The van der Waals surface area contributed by atoms with Crippen LogP contribution < -0.4 is 10.6 Å². The standard InChI is InChI=1S/C14H16BrN3/c15-12-7-8-14(17-11-12)18(10-4-9-16)13-5-2-1-3-6-13/h1-3,5-8,11H,4,9-10,16H2. The molecule has 2 rings (SSSR count). The monoisotopic (exact) mass is 305 g/mol. The van der Waals surface area contributed by atoms with E-state index in [1.54, 1.807) is 0 Å². The summed E-state index contributed by atoms with van der Waals surface area (Å²) >= 11 is 3.40. The highest BCUT2D eigenvalue weighted by Crippen LogP contribution is 2.24. The van der Waals surface area contributed by atoms with Crippen LogP contribution in [0.15, 0.2) is 53.1 Å². The summed E-state index contributed by atoms with van der Waals surface area (Å²) in [4.78, 5) is 6.63. The molecule has 4 heteroatoms. The van der Waals surface area contributed by atoms with Crippen LogP contribution in [0.3, 0.4) is 0 Å². The Labute approximate surface area is 116 Å². The van der Waals surface area contributed by atoms with Crippen LogP contribution in [0.2, 0.25) is 0 Å². The fourth-order valence-electron chi connectivity index (χ4n) is 1.76. The maximum absolute atomic E-state index is 5.60. The van der Waals surface area contributed by atoms with Gasteiger partial charge >= 0.3 is 0 Å². The first kappa shape index (κ1) is 13.1. The lowest BCUT2D eigenvalue weighted by Gasteiger charge is -2.23. The molecule has 0 aliphatic carbocycles. The number of anilines is 2. The molecule has 1 aromatic carbocycles. The van der Waals surface area contributed by atoms with Gasteiger partial charge in [0.1, 0.15) is 5.82 Å². The van der Waals surface area contributed by atoms with Gasteiger partial charge in [-0.25, -0.2) is 4.98 Å². The smallest absolute Gasteiger partial charge is 0.132 e. The molecule has 0 aliphatic heterocycles. The number of aromatic nitrogens is 1. The van der Waals surface area contributed by atoms with Crippen molar-refractivity contribution in [2.45, 2.75) is 6.42 Å². The number of rotatable bonds is 5. The molecule has 0 spiro atoms. The van der Waals surface area contributed by atoms with E-state index in [2.05, 4.69) is 37.9 Å². The third-order valence-electron chi connectivity index (χ3n) is 2.64. The molecule has 1 aromatic heterocycles. The fourth-order valence-corrected chi connectivity index (χ4v) is 2.00. The number of hydrogen-bond acceptors (Lipinski definition) is 3. The summed E-state index contributed by atoms with van der Waals surface area (Å²) in [5.74, 6) is 0.942. The van der Waals surface area contributed by atoms with Crippen molar-refractivity contribution in [2.75, 3.05) is 18.0 Å². The topological polar surface area (TPSA) is 42.1 Å². The van der Waals surface area contributed by atoms with Crippen LogP contribution in [0.5, 0.6) is 0 Å². The SMILES string of the molecule is NCCCN(c1ccccc1)c1ccc(Br)cn1. The number of para-hydroxylation sites is 1. The molecular formula is C14H16BrN3. The van der Waals surface area contributed by atoms with Crippen LogP contribution in [-0.2, 0) is 0 Å². The van der Waals surface area contributed by atoms with Gasteiger partial charge in [-0.15, -0.1) is 0 Å². The van der Waals surface area contributed by atoms with Crippen molar-refractivity contribution in [1.82, 2.24) is 4.98 Å². The van der Waals surface area contributed by atoms with E-state index in [1.165, 1.54) is 0 Å². The molecule has 0 fully saturated rings. The Bertz CT molecular complexity index is 470. The Balaban J connectivity index is 2.27. The van der Waals surface area contributed by atoms with Gasteiger partial charge < -0.3 is 10.6 Å². The van der Waals surface area contributed by atoms with Crippen LogP contribution in [-0.4, -0.2) is 18.1 Å². The third kappa shape index (κ3) is 3.31. The van der Waals surface area contributed by atoms with Gasteiger partial charge in [0.2, 0.25) is 0 Å². The van der Waals surface area contributed by atoms with Crippen molar-refractivity contribution in [3.05, 3.63) is 53.1 Å². The van der Waals surface area contributed by atoms with E-state index < -0.39 is 0 Å². The number of nitrogens with zero attached hydrogens (tertiary/aromatic N) is 2. The first-order valence-corrected chi connectivity index (χ1v) is 6.75. The molecule has 18 heavy (non-hydrogen) atoms. The Morgan fingerprint density at radius 3 is 2.50 bits per heavy atom. The lowest BCUT2D eigenvalue weighted by Crippen LogP contribution is -2.21. The Morgan fingerprint density at radius 2 is 1.89 bits per heavy atom. The van der Waals surface area contributed by atoms with E-state index in [0.29, 0.717) is 6.54 Å². The predicted molar refractivity (Wildman–Crippen MR) is 79.1 cm³/mol. The lowest BCUT2D eigenvalue weighted by molar-refractivity contribution is 0.810. The van der Waals surface area contributed by atoms with Crippen LogP contribution in [0.4, 0.5) is 11.5 Å². The summed E-state index contributed by atoms with van der Waals surface area (Å²) in [6.45, 7) is 1.55. The average Bonchev–Trinajstić information content (AvgIpc) is 2.42. The highest BCUT2D eigenvalue weighted by Gasteiger charge is 2.09. The molecule has 0 radical (unpaired) electrons. The molecule has 0 bridgehead atoms. The number of pyridine rings is 1. The summed E-state index contributed by atoms with van der Waals surface area (Å²) in [5, 5.41) is 0. The average molecular weight is 306 g/mol. The summed E-state index contributed by atoms with van der Waals surface area (Å²) in [7, 11) is 0. The molecule has 94 valence electrons. The second-order valence-corrected chi connectivity index (χ2v) is 4.88. The highest BCUT2D eigenvalue weighted by molar-refractivity contribution is 9.10. The highest BCUT2D eigenvalue weighted by atomic mass is 79.9. The number of hydrogen-bond donors (Lipinski definition) is 1. The zero-order chi connectivity index (χ0) is 12.8. The van der Waals surface area contributed by atoms with Gasteiger partial charge in [0.25, 0.3) is 0 Å². The lowest BCUT2D eigenvalue weighted by atomic mass is 10.2. The third-order valence-corrected chi connectivity index (χ3v) is 3.11. The largest absolute Gasteiger partial charge is 0.330 e. The molecule has 0 atom stereocenters. The second-order valence-electron chi connectivity index (χ2n) is 3.96. The minimum atomic E-state index is 0.680. The molecule has 0 unspecified atom stereocenters. The molecule has 3 nitrogen and oxygen atoms in total. The van der Waals surface area contributed by atoms with Gasteiger partial charge in [0, 0.05) is 22.9 Å². The van der Waals surface area contributed by atoms with Crippen molar-refractivity contribution in [3.63, 3.8) is 0 Å². The summed E-state index contributed by atoms with van der Waals surface area (Å²) in [6, 6.07) is 14.3. The zero-order valence-electron chi connectivity index (χ0n) is 10.1. The van der Waals surface area contributed by atoms with Crippen LogP contribution in [0.25, 0.3) is 0 Å². The van der Waals surface area contributed by atoms with Gasteiger partial charge in [0.15, 0.2) is 0 Å². The Morgan fingerprint density at radius 1 is 1.11 bits per heavy atom. The summed E-state index contributed by atoms with van der Waals surface area (Å²) in [6.07, 6.45) is 2.75. The summed E-state index contributed by atoms with van der Waals surface area (Å²) < 4.78 is 0.984. The van der Waals surface area contributed by atoms with E-state index in [-0.39, 0.29) is 0 Å². The molecule has 1 heterocycles. The van der Waals surface area contributed by atoms with Gasteiger partial charge in [-0.2, -0.15) is 0 Å². The van der Waals surface area contributed by atoms with Gasteiger partial charge in [0.05, 0.1) is 0 Å². The normalized spacial score (nSPS) is 10.3. The quantitative estimate of drug-likeness (QED) is 0.921. The van der Waals surface area contributed by atoms with E-state index in [4.69, 9.17) is 5.73 Å². The van der Waals surface area contributed by atoms with Crippen molar-refractivity contribution < 1.29 is 0 Å². The van der Waals surface area contributed by atoms with Crippen molar-refractivity contribution >= 4 is 27.4 Å². The van der Waals surface area contributed by atoms with E-state index in [0.717, 1.165) is 28.9 Å². The fraction of sp³-hybridized carbons (Fsp3) is 0.214. The van der Waals surface area contributed by atoms with Gasteiger partial charge in [-0.05, 0) is 53.2 Å². The zero-order valence-corrected chi connectivity index (χ0v) is 11.7. The molecular weight excluding hydrogens is 290 g/mol. The number of halogens is 1. The van der Waals surface area contributed by atoms with Crippen LogP contribution >= 0.6 is 15.9 Å². The van der Waals surface area contributed by atoms with Crippen molar-refractivity contribution in [3.8, 4) is 0 Å².